The zero-order valence-corrected chi connectivity index (χ0v) is 27.1. The Morgan fingerprint density at radius 1 is 1.00 bits per heavy atom. The van der Waals surface area contributed by atoms with Gasteiger partial charge in [0.15, 0.2) is 0 Å². The number of hydrogen-bond acceptors (Lipinski definition) is 4. The minimum Gasteiger partial charge on any atom is -0.390 e. The molecule has 0 saturated heterocycles. The van der Waals surface area contributed by atoms with Crippen LogP contribution in [0.5, 0.6) is 0 Å². The van der Waals surface area contributed by atoms with Gasteiger partial charge >= 0.3 is 0 Å². The monoisotopic (exact) mass is 699 g/mol. The highest BCUT2D eigenvalue weighted by Gasteiger charge is 2.23. The van der Waals surface area contributed by atoms with Crippen LogP contribution in [-0.2, 0) is 19.5 Å². The number of halogens is 4. The van der Waals surface area contributed by atoms with Crippen LogP contribution in [0.2, 0.25) is 0 Å². The van der Waals surface area contributed by atoms with Gasteiger partial charge in [-0.2, -0.15) is 0 Å². The Labute approximate surface area is 262 Å². The lowest BCUT2D eigenvalue weighted by molar-refractivity contribution is 0.0829. The molecule has 41 heavy (non-hydrogen) atoms. The summed E-state index contributed by atoms with van der Waals surface area (Å²) in [4.78, 5) is 15.7. The van der Waals surface area contributed by atoms with Crippen LogP contribution in [-0.4, -0.2) is 48.2 Å². The van der Waals surface area contributed by atoms with Gasteiger partial charge in [0.25, 0.3) is 5.91 Å². The zero-order valence-electron chi connectivity index (χ0n) is 24.1. The summed E-state index contributed by atoms with van der Waals surface area (Å²) >= 11 is 2.25. The summed E-state index contributed by atoms with van der Waals surface area (Å²) in [6.45, 7) is 8.74. The Bertz CT molecular complexity index is 1260. The number of carbonyl (C=O) groups excluding carboxylic acids is 1. The average molecular weight is 700 g/mol. The summed E-state index contributed by atoms with van der Waals surface area (Å²) in [6, 6.07) is 16.3. The molecule has 3 rings (SSSR count). The number of nitrogens with zero attached hydrogens (tertiary/aromatic N) is 1. The van der Waals surface area contributed by atoms with Crippen LogP contribution in [0.3, 0.4) is 0 Å². The number of carbonyl (C=O) groups is 1. The molecule has 0 heterocycles. The van der Waals surface area contributed by atoms with Crippen molar-refractivity contribution in [2.45, 2.75) is 58.8 Å². The second-order valence-electron chi connectivity index (χ2n) is 11.0. The Kier molecular flexibility index (Phi) is 14.6. The summed E-state index contributed by atoms with van der Waals surface area (Å²) in [7, 11) is 2.07. The van der Waals surface area contributed by atoms with Crippen LogP contribution in [0.15, 0.2) is 60.7 Å². The predicted octanol–water partition coefficient (Wildman–Crippen LogP) is 6.27. The van der Waals surface area contributed by atoms with E-state index in [0.717, 1.165) is 39.3 Å². The van der Waals surface area contributed by atoms with Crippen LogP contribution in [0.1, 0.15) is 52.9 Å². The molecule has 1 amide bonds. The maximum Gasteiger partial charge on any atom is 0.251 e. The molecule has 2 atom stereocenters. The van der Waals surface area contributed by atoms with Crippen molar-refractivity contribution in [1.29, 1.82) is 0 Å². The smallest absolute Gasteiger partial charge is 0.251 e. The van der Waals surface area contributed by atoms with Crippen molar-refractivity contribution in [3.8, 4) is 0 Å². The minimum atomic E-state index is -0.996. The van der Waals surface area contributed by atoms with Gasteiger partial charge < -0.3 is 20.6 Å². The van der Waals surface area contributed by atoms with Crippen LogP contribution in [0.4, 0.5) is 8.78 Å². The van der Waals surface area contributed by atoms with Crippen molar-refractivity contribution in [3.05, 3.63) is 104 Å². The Balaban J connectivity index is 0.00000588. The van der Waals surface area contributed by atoms with Gasteiger partial charge in [-0.25, -0.2) is 8.78 Å². The van der Waals surface area contributed by atoms with Crippen LogP contribution in [0.25, 0.3) is 0 Å². The van der Waals surface area contributed by atoms with Crippen LogP contribution in [0, 0.1) is 28.0 Å². The van der Waals surface area contributed by atoms with Gasteiger partial charge in [0, 0.05) is 34.8 Å². The molecule has 0 fully saturated rings. The highest BCUT2D eigenvalue weighted by Crippen LogP contribution is 2.16. The Hall–Kier alpha value is -2.11. The quantitative estimate of drug-likeness (QED) is 0.174. The second kappa shape index (κ2) is 17.1. The number of rotatable bonds is 14. The van der Waals surface area contributed by atoms with Gasteiger partial charge in [-0.05, 0) is 115 Å². The maximum absolute atomic E-state index is 13.9. The molecule has 224 valence electrons. The first-order chi connectivity index (χ1) is 19.0. The van der Waals surface area contributed by atoms with Crippen molar-refractivity contribution < 1.29 is 18.7 Å². The number of hydrogen-bond donors (Lipinski definition) is 3. The molecule has 5 nitrogen and oxygen atoms in total. The molecule has 3 N–H and O–H groups in total. The molecular formula is C32H41ClF2IN3O2. The fourth-order valence-corrected chi connectivity index (χ4v) is 5.23. The summed E-state index contributed by atoms with van der Waals surface area (Å²) < 4.78 is 28.9. The van der Waals surface area contributed by atoms with Gasteiger partial charge in [-0.15, -0.1) is 12.4 Å². The van der Waals surface area contributed by atoms with Crippen molar-refractivity contribution >= 4 is 40.9 Å². The van der Waals surface area contributed by atoms with Crippen molar-refractivity contribution in [3.63, 3.8) is 0 Å². The molecule has 0 aromatic heterocycles. The first-order valence-electron chi connectivity index (χ1n) is 13.7. The molecular weight excluding hydrogens is 659 g/mol. The van der Waals surface area contributed by atoms with E-state index in [-0.39, 0.29) is 31.3 Å². The van der Waals surface area contributed by atoms with Crippen LogP contribution >= 0.6 is 35.0 Å². The van der Waals surface area contributed by atoms with E-state index >= 15 is 0 Å². The van der Waals surface area contributed by atoms with E-state index < -0.39 is 23.8 Å². The molecule has 0 aliphatic rings. The zero-order chi connectivity index (χ0) is 29.2. The Morgan fingerprint density at radius 3 is 2.37 bits per heavy atom. The van der Waals surface area contributed by atoms with Gasteiger partial charge in [0.2, 0.25) is 0 Å². The van der Waals surface area contributed by atoms with E-state index in [2.05, 4.69) is 65.1 Å². The fraction of sp³-hybridized carbons (Fsp3) is 0.406. The topological polar surface area (TPSA) is 64.6 Å². The molecule has 3 aromatic rings. The van der Waals surface area contributed by atoms with E-state index in [9.17, 15) is 18.7 Å². The number of aryl methyl sites for hydroxylation is 1. The lowest BCUT2D eigenvalue weighted by Gasteiger charge is -2.25. The Morgan fingerprint density at radius 2 is 1.71 bits per heavy atom. The normalized spacial score (nSPS) is 12.7. The molecule has 3 aromatic carbocycles. The average Bonchev–Trinajstić information content (AvgIpc) is 2.86. The molecule has 0 saturated carbocycles. The predicted molar refractivity (Wildman–Crippen MR) is 172 cm³/mol. The van der Waals surface area contributed by atoms with Gasteiger partial charge in [-0.3, -0.25) is 4.79 Å². The van der Waals surface area contributed by atoms with Crippen LogP contribution < -0.4 is 10.6 Å². The number of aliphatic hydroxyl groups excluding tert-OH is 1. The number of aliphatic hydroxyl groups is 1. The first kappa shape index (κ1) is 35.1. The second-order valence-corrected chi connectivity index (χ2v) is 12.3. The standard InChI is InChI=1S/C32H40F2IN3O2.ClH/c1-21(2)8-9-38(4)20-25-10-22(3)11-26(12-25)32(40)37-30(16-24-13-27(33)17-28(34)14-24)31(39)19-36-18-23-6-5-7-29(35)15-23;/h5-7,10-15,17,21,30-31,36,39H,8-9,16,18-20H2,1-4H3,(H,37,40);1H/t30-,31-;/m0./s1. The molecule has 0 bridgehead atoms. The number of amides is 1. The van der Waals surface area contributed by atoms with Gasteiger partial charge in [0.1, 0.15) is 11.6 Å². The van der Waals surface area contributed by atoms with Gasteiger partial charge in [-0.1, -0.05) is 37.6 Å². The highest BCUT2D eigenvalue weighted by molar-refractivity contribution is 14.1. The third kappa shape index (κ3) is 12.3. The third-order valence-electron chi connectivity index (χ3n) is 6.67. The largest absolute Gasteiger partial charge is 0.390 e. The first-order valence-corrected chi connectivity index (χ1v) is 14.7. The molecule has 0 unspecified atom stereocenters. The molecule has 0 spiro atoms. The van der Waals surface area contributed by atoms with Crippen molar-refractivity contribution in [2.24, 2.45) is 5.92 Å². The maximum atomic E-state index is 13.9. The van der Waals surface area contributed by atoms with Crippen molar-refractivity contribution in [1.82, 2.24) is 15.5 Å². The summed E-state index contributed by atoms with van der Waals surface area (Å²) in [5.74, 6) is -1.12. The van der Waals surface area contributed by atoms with E-state index in [4.69, 9.17) is 0 Å². The number of nitrogens with one attached hydrogen (secondary N) is 2. The molecule has 9 heteroatoms. The minimum absolute atomic E-state index is 0. The fourth-order valence-electron chi connectivity index (χ4n) is 4.63. The van der Waals surface area contributed by atoms with E-state index in [1.807, 2.05) is 43.3 Å². The summed E-state index contributed by atoms with van der Waals surface area (Å²) in [5, 5.41) is 17.3. The summed E-state index contributed by atoms with van der Waals surface area (Å²) in [6.07, 6.45) is 0.167. The lowest BCUT2D eigenvalue weighted by atomic mass is 9.99. The SMILES string of the molecule is Cc1cc(CN(C)CCC(C)C)cc(C(=O)N[C@@H](Cc2cc(F)cc(F)c2)[C@@H](O)CNCc2cccc(I)c2)c1.Cl. The third-order valence-corrected chi connectivity index (χ3v) is 7.34. The molecule has 0 aliphatic carbocycles. The highest BCUT2D eigenvalue weighted by atomic mass is 127. The molecule has 0 aliphatic heterocycles. The lowest BCUT2D eigenvalue weighted by Crippen LogP contribution is -2.48. The van der Waals surface area contributed by atoms with Crippen molar-refractivity contribution in [2.75, 3.05) is 20.1 Å². The summed E-state index contributed by atoms with van der Waals surface area (Å²) in [5.41, 5.74) is 3.90. The number of benzene rings is 3. The van der Waals surface area contributed by atoms with E-state index in [0.29, 0.717) is 30.1 Å². The van der Waals surface area contributed by atoms with E-state index in [1.165, 1.54) is 12.1 Å². The molecule has 0 radical (unpaired) electrons. The van der Waals surface area contributed by atoms with E-state index in [1.54, 1.807) is 0 Å². The van der Waals surface area contributed by atoms with Gasteiger partial charge in [0.05, 0.1) is 12.1 Å².